The van der Waals surface area contributed by atoms with Crippen molar-refractivity contribution in [3.8, 4) is 0 Å². The topological polar surface area (TPSA) is 58.2 Å². The second kappa shape index (κ2) is 9.05. The van der Waals surface area contributed by atoms with Crippen molar-refractivity contribution >= 4 is 15.7 Å². The Labute approximate surface area is 167 Å². The SMILES string of the molecule is CC(C)c1ccc(S(=O)(=O)Nc2ccc3c(c2)CCC(NCCCF)C3)cc1. The molecule has 0 heterocycles. The summed E-state index contributed by atoms with van der Waals surface area (Å²) in [5, 5.41) is 3.40. The minimum Gasteiger partial charge on any atom is -0.314 e. The smallest absolute Gasteiger partial charge is 0.261 e. The van der Waals surface area contributed by atoms with Gasteiger partial charge in [0.25, 0.3) is 10.0 Å². The molecule has 1 aliphatic carbocycles. The highest BCUT2D eigenvalue weighted by Gasteiger charge is 2.20. The lowest BCUT2D eigenvalue weighted by molar-refractivity contribution is 0.415. The van der Waals surface area contributed by atoms with Gasteiger partial charge < -0.3 is 5.32 Å². The highest BCUT2D eigenvalue weighted by molar-refractivity contribution is 7.92. The first-order chi connectivity index (χ1) is 13.4. The van der Waals surface area contributed by atoms with Crippen molar-refractivity contribution in [2.75, 3.05) is 17.9 Å². The highest BCUT2D eigenvalue weighted by Crippen LogP contribution is 2.26. The van der Waals surface area contributed by atoms with E-state index >= 15 is 0 Å². The quantitative estimate of drug-likeness (QED) is 0.641. The number of fused-ring (bicyclic) bond motifs is 1. The van der Waals surface area contributed by atoms with Gasteiger partial charge in [-0.05, 0) is 79.1 Å². The highest BCUT2D eigenvalue weighted by atomic mass is 32.2. The van der Waals surface area contributed by atoms with Gasteiger partial charge in [-0.1, -0.05) is 32.0 Å². The number of rotatable bonds is 8. The monoisotopic (exact) mass is 404 g/mol. The minimum atomic E-state index is -3.61. The number of halogens is 1. The number of hydrogen-bond acceptors (Lipinski definition) is 3. The number of sulfonamides is 1. The number of hydrogen-bond donors (Lipinski definition) is 2. The van der Waals surface area contributed by atoms with Crippen LogP contribution in [0.1, 0.15) is 49.3 Å². The van der Waals surface area contributed by atoms with Crippen LogP contribution in [-0.2, 0) is 22.9 Å². The zero-order valence-electron chi connectivity index (χ0n) is 16.5. The van der Waals surface area contributed by atoms with Gasteiger partial charge in [0, 0.05) is 11.7 Å². The molecule has 1 unspecified atom stereocenters. The molecule has 0 spiro atoms. The van der Waals surface area contributed by atoms with E-state index < -0.39 is 10.0 Å². The first-order valence-electron chi connectivity index (χ1n) is 9.93. The molecule has 2 aromatic carbocycles. The van der Waals surface area contributed by atoms with E-state index in [0.717, 1.165) is 24.8 Å². The normalized spacial score (nSPS) is 16.8. The molecule has 0 bridgehead atoms. The molecule has 0 aromatic heterocycles. The fourth-order valence-corrected chi connectivity index (χ4v) is 4.66. The van der Waals surface area contributed by atoms with Gasteiger partial charge in [0.15, 0.2) is 0 Å². The van der Waals surface area contributed by atoms with Crippen molar-refractivity contribution < 1.29 is 12.8 Å². The van der Waals surface area contributed by atoms with Crippen LogP contribution in [-0.4, -0.2) is 27.7 Å². The van der Waals surface area contributed by atoms with Crippen LogP contribution in [0.4, 0.5) is 10.1 Å². The fourth-order valence-electron chi connectivity index (χ4n) is 3.61. The van der Waals surface area contributed by atoms with Crippen LogP contribution in [0.5, 0.6) is 0 Å². The summed E-state index contributed by atoms with van der Waals surface area (Å²) in [6.07, 6.45) is 3.31. The van der Waals surface area contributed by atoms with Crippen LogP contribution < -0.4 is 10.0 Å². The molecule has 0 saturated heterocycles. The van der Waals surface area contributed by atoms with Crippen LogP contribution in [0.2, 0.25) is 0 Å². The number of nitrogens with one attached hydrogen (secondary N) is 2. The van der Waals surface area contributed by atoms with Crippen LogP contribution in [0.15, 0.2) is 47.4 Å². The Morgan fingerprint density at radius 2 is 1.86 bits per heavy atom. The van der Waals surface area contributed by atoms with E-state index in [0.29, 0.717) is 30.6 Å². The van der Waals surface area contributed by atoms with Gasteiger partial charge in [-0.25, -0.2) is 8.42 Å². The molecule has 0 aliphatic heterocycles. The molecule has 152 valence electrons. The lowest BCUT2D eigenvalue weighted by Gasteiger charge is -2.26. The van der Waals surface area contributed by atoms with E-state index in [9.17, 15) is 12.8 Å². The second-order valence-corrected chi connectivity index (χ2v) is 9.43. The Balaban J connectivity index is 1.68. The molecule has 2 aromatic rings. The Morgan fingerprint density at radius 3 is 2.54 bits per heavy atom. The second-order valence-electron chi connectivity index (χ2n) is 7.75. The molecule has 6 heteroatoms. The summed E-state index contributed by atoms with van der Waals surface area (Å²) in [6.45, 7) is 4.57. The molecule has 1 aliphatic rings. The van der Waals surface area contributed by atoms with Gasteiger partial charge in [-0.3, -0.25) is 9.11 Å². The zero-order chi connectivity index (χ0) is 20.1. The van der Waals surface area contributed by atoms with Crippen molar-refractivity contribution in [3.05, 3.63) is 59.2 Å². The van der Waals surface area contributed by atoms with E-state index in [4.69, 9.17) is 0 Å². The zero-order valence-corrected chi connectivity index (χ0v) is 17.4. The van der Waals surface area contributed by atoms with Crippen molar-refractivity contribution in [2.24, 2.45) is 0 Å². The van der Waals surface area contributed by atoms with Crippen molar-refractivity contribution in [1.29, 1.82) is 0 Å². The van der Waals surface area contributed by atoms with Crippen molar-refractivity contribution in [1.82, 2.24) is 5.32 Å². The third-order valence-electron chi connectivity index (χ3n) is 5.29. The molecule has 1 atom stereocenters. The predicted octanol–water partition coefficient (Wildman–Crippen LogP) is 4.42. The molecular weight excluding hydrogens is 375 g/mol. The van der Waals surface area contributed by atoms with Gasteiger partial charge in [0.05, 0.1) is 11.6 Å². The maximum atomic E-state index is 12.7. The van der Waals surface area contributed by atoms with Crippen LogP contribution >= 0.6 is 0 Å². The molecule has 0 radical (unpaired) electrons. The third-order valence-corrected chi connectivity index (χ3v) is 6.68. The summed E-state index contributed by atoms with van der Waals surface area (Å²) in [5.74, 6) is 0.362. The molecular formula is C22H29FN2O2S. The molecule has 4 nitrogen and oxygen atoms in total. The lowest BCUT2D eigenvalue weighted by Crippen LogP contribution is -2.35. The molecule has 0 fully saturated rings. The first kappa shape index (κ1) is 20.8. The lowest BCUT2D eigenvalue weighted by atomic mass is 9.88. The van der Waals surface area contributed by atoms with Crippen molar-refractivity contribution in [2.45, 2.75) is 56.4 Å². The Bertz CT molecular complexity index is 895. The molecule has 0 amide bonds. The molecule has 28 heavy (non-hydrogen) atoms. The van der Waals surface area contributed by atoms with E-state index in [2.05, 4.69) is 23.9 Å². The summed E-state index contributed by atoms with van der Waals surface area (Å²) in [7, 11) is -3.61. The Hall–Kier alpha value is -1.92. The van der Waals surface area contributed by atoms with Gasteiger partial charge in [-0.15, -0.1) is 0 Å². The maximum Gasteiger partial charge on any atom is 0.261 e. The standard InChI is InChI=1S/C22H29FN2O2S/c1-16(2)17-6-10-22(11-7-17)28(26,27)25-21-9-5-18-14-20(24-13-3-12-23)8-4-19(18)15-21/h5-7,9-11,15-16,20,24-25H,3-4,8,12-14H2,1-2H3. The van der Waals surface area contributed by atoms with E-state index in [1.54, 1.807) is 12.1 Å². The summed E-state index contributed by atoms with van der Waals surface area (Å²) in [6, 6.07) is 13.2. The van der Waals surface area contributed by atoms with Crippen LogP contribution in [0, 0.1) is 0 Å². The molecule has 2 N–H and O–H groups in total. The van der Waals surface area contributed by atoms with Gasteiger partial charge in [0.2, 0.25) is 0 Å². The third kappa shape index (κ3) is 5.11. The van der Waals surface area contributed by atoms with E-state index in [1.165, 1.54) is 11.1 Å². The number of alkyl halides is 1. The van der Waals surface area contributed by atoms with E-state index in [1.807, 2.05) is 30.3 Å². The Morgan fingerprint density at radius 1 is 1.11 bits per heavy atom. The minimum absolute atomic E-state index is 0.270. The van der Waals surface area contributed by atoms with Crippen LogP contribution in [0.25, 0.3) is 0 Å². The average Bonchev–Trinajstić information content (AvgIpc) is 2.68. The number of benzene rings is 2. The van der Waals surface area contributed by atoms with Gasteiger partial charge >= 0.3 is 0 Å². The maximum absolute atomic E-state index is 12.7. The van der Waals surface area contributed by atoms with Crippen molar-refractivity contribution in [3.63, 3.8) is 0 Å². The largest absolute Gasteiger partial charge is 0.314 e. The van der Waals surface area contributed by atoms with Gasteiger partial charge in [-0.2, -0.15) is 0 Å². The summed E-state index contributed by atoms with van der Waals surface area (Å²) in [4.78, 5) is 0.270. The summed E-state index contributed by atoms with van der Waals surface area (Å²) < 4.78 is 40.3. The van der Waals surface area contributed by atoms with E-state index in [-0.39, 0.29) is 11.6 Å². The summed E-state index contributed by atoms with van der Waals surface area (Å²) in [5.41, 5.74) is 4.12. The van der Waals surface area contributed by atoms with Gasteiger partial charge in [0.1, 0.15) is 0 Å². The fraction of sp³-hybridized carbons (Fsp3) is 0.455. The first-order valence-corrected chi connectivity index (χ1v) is 11.4. The van der Waals surface area contributed by atoms with Crippen LogP contribution in [0.3, 0.4) is 0 Å². The predicted molar refractivity (Wildman–Crippen MR) is 112 cm³/mol. The molecule has 0 saturated carbocycles. The summed E-state index contributed by atoms with van der Waals surface area (Å²) >= 11 is 0. The number of anilines is 1. The Kier molecular flexibility index (Phi) is 6.73. The average molecular weight is 405 g/mol. The number of aryl methyl sites for hydroxylation is 1. The molecule has 3 rings (SSSR count).